The highest BCUT2D eigenvalue weighted by atomic mass is 19.4. The number of nitrogens with one attached hydrogen (secondary N) is 1. The summed E-state index contributed by atoms with van der Waals surface area (Å²) in [5.74, 6) is 0.172. The van der Waals surface area contributed by atoms with E-state index in [-0.39, 0.29) is 11.5 Å². The van der Waals surface area contributed by atoms with Gasteiger partial charge in [-0.2, -0.15) is 18.3 Å². The van der Waals surface area contributed by atoms with Crippen molar-refractivity contribution in [3.63, 3.8) is 0 Å². The molecule has 0 unspecified atom stereocenters. The van der Waals surface area contributed by atoms with Crippen LogP contribution in [0.25, 0.3) is 11.0 Å². The molecule has 0 fully saturated rings. The number of H-pyrrole nitrogens is 1. The third kappa shape index (κ3) is 3.23. The Morgan fingerprint density at radius 2 is 1.88 bits per heavy atom. The lowest BCUT2D eigenvalue weighted by Crippen LogP contribution is -2.14. The van der Waals surface area contributed by atoms with E-state index in [1.165, 1.54) is 12.1 Å². The molecule has 0 saturated heterocycles. The van der Waals surface area contributed by atoms with Crippen molar-refractivity contribution < 1.29 is 13.2 Å². The zero-order valence-electron chi connectivity index (χ0n) is 14.7. The van der Waals surface area contributed by atoms with Crippen LogP contribution in [0.4, 0.5) is 13.2 Å². The second kappa shape index (κ2) is 6.59. The highest BCUT2D eigenvalue weighted by molar-refractivity contribution is 5.77. The fourth-order valence-electron chi connectivity index (χ4n) is 3.01. The Bertz CT molecular complexity index is 987. The van der Waals surface area contributed by atoms with Crippen LogP contribution in [0.3, 0.4) is 0 Å². The topological polar surface area (TPSA) is 63.6 Å². The summed E-state index contributed by atoms with van der Waals surface area (Å²) in [6, 6.07) is 5.00. The lowest BCUT2D eigenvalue weighted by molar-refractivity contribution is -0.137. The van der Waals surface area contributed by atoms with E-state index in [4.69, 9.17) is 0 Å². The number of hydrogen-bond acceptors (Lipinski definition) is 3. The third-order valence-electron chi connectivity index (χ3n) is 4.33. The van der Waals surface area contributed by atoms with Crippen LogP contribution in [0.15, 0.2) is 29.1 Å². The predicted molar refractivity (Wildman–Crippen MR) is 92.1 cm³/mol. The highest BCUT2D eigenvalue weighted by Gasteiger charge is 2.30. The Labute approximate surface area is 147 Å². The lowest BCUT2D eigenvalue weighted by atomic mass is 9.96. The molecule has 0 aliphatic rings. The zero-order valence-corrected chi connectivity index (χ0v) is 14.7. The molecule has 0 spiro atoms. The molecule has 0 aliphatic carbocycles. The van der Waals surface area contributed by atoms with Crippen LogP contribution in [-0.4, -0.2) is 19.7 Å². The average Bonchev–Trinajstić information content (AvgIpc) is 2.92. The maximum Gasteiger partial charge on any atom is 0.416 e. The molecule has 5 nitrogen and oxygen atoms in total. The van der Waals surface area contributed by atoms with Crippen molar-refractivity contribution in [3.8, 4) is 0 Å². The average molecular weight is 364 g/mol. The smallest absolute Gasteiger partial charge is 0.309 e. The summed E-state index contributed by atoms with van der Waals surface area (Å²) in [6.07, 6.45) is -3.58. The van der Waals surface area contributed by atoms with Gasteiger partial charge in [0, 0.05) is 12.5 Å². The first-order chi connectivity index (χ1) is 12.2. The predicted octanol–water partition coefficient (Wildman–Crippen LogP) is 4.01. The van der Waals surface area contributed by atoms with Gasteiger partial charge in [-0.15, -0.1) is 0 Å². The molecule has 0 bridgehead atoms. The first-order valence-corrected chi connectivity index (χ1v) is 8.36. The molecular formula is C18H19F3N4O. The van der Waals surface area contributed by atoms with Crippen LogP contribution in [0, 0.1) is 6.92 Å². The van der Waals surface area contributed by atoms with E-state index in [1.807, 2.05) is 13.8 Å². The number of rotatable bonds is 4. The molecule has 26 heavy (non-hydrogen) atoms. The van der Waals surface area contributed by atoms with E-state index in [0.717, 1.165) is 18.6 Å². The Morgan fingerprint density at radius 3 is 2.46 bits per heavy atom. The van der Waals surface area contributed by atoms with Crippen LogP contribution in [0.5, 0.6) is 0 Å². The minimum absolute atomic E-state index is 0.265. The highest BCUT2D eigenvalue weighted by Crippen LogP contribution is 2.32. The van der Waals surface area contributed by atoms with Gasteiger partial charge in [-0.3, -0.25) is 9.48 Å². The zero-order chi connectivity index (χ0) is 19.1. The van der Waals surface area contributed by atoms with Gasteiger partial charge in [-0.05, 0) is 31.0 Å². The van der Waals surface area contributed by atoms with Crippen LogP contribution in [0.1, 0.15) is 48.8 Å². The van der Waals surface area contributed by atoms with Crippen LogP contribution < -0.4 is 5.56 Å². The second-order valence-electron chi connectivity index (χ2n) is 6.30. The molecule has 2 heterocycles. The van der Waals surface area contributed by atoms with E-state index >= 15 is 0 Å². The number of nitrogens with zero attached hydrogens (tertiary/aromatic N) is 3. The van der Waals surface area contributed by atoms with Gasteiger partial charge in [0.2, 0.25) is 0 Å². The molecule has 0 saturated carbocycles. The lowest BCUT2D eigenvalue weighted by Gasteiger charge is -2.12. The summed E-state index contributed by atoms with van der Waals surface area (Å²) in [4.78, 5) is 19.4. The molecule has 1 atom stereocenters. The SMILES string of the molecule is CCCn1nc([C@@H](C)c2ccc(C(F)(F)F)cc2)c2nc(C)[nH]c(=O)c21. The third-order valence-corrected chi connectivity index (χ3v) is 4.33. The summed E-state index contributed by atoms with van der Waals surface area (Å²) < 4.78 is 39.9. The van der Waals surface area contributed by atoms with E-state index in [1.54, 1.807) is 11.6 Å². The molecule has 1 N–H and O–H groups in total. The van der Waals surface area contributed by atoms with Crippen molar-refractivity contribution in [1.82, 2.24) is 19.7 Å². The molecular weight excluding hydrogens is 345 g/mol. The van der Waals surface area contributed by atoms with Crippen molar-refractivity contribution in [2.45, 2.75) is 45.8 Å². The van der Waals surface area contributed by atoms with Crippen LogP contribution in [0.2, 0.25) is 0 Å². The van der Waals surface area contributed by atoms with Gasteiger partial charge >= 0.3 is 6.18 Å². The summed E-state index contributed by atoms with van der Waals surface area (Å²) in [5.41, 5.74) is 1.20. The minimum Gasteiger partial charge on any atom is -0.309 e. The number of alkyl halides is 3. The van der Waals surface area contributed by atoms with E-state index in [2.05, 4.69) is 15.1 Å². The number of fused-ring (bicyclic) bond motifs is 1. The summed E-state index contributed by atoms with van der Waals surface area (Å²) >= 11 is 0. The fourth-order valence-corrected chi connectivity index (χ4v) is 3.01. The van der Waals surface area contributed by atoms with E-state index < -0.39 is 11.7 Å². The Balaban J connectivity index is 2.11. The number of hydrogen-bond donors (Lipinski definition) is 1. The second-order valence-corrected chi connectivity index (χ2v) is 6.30. The van der Waals surface area contributed by atoms with Gasteiger partial charge in [-0.1, -0.05) is 26.0 Å². The van der Waals surface area contributed by atoms with Gasteiger partial charge in [0.25, 0.3) is 5.56 Å². The van der Waals surface area contributed by atoms with Crippen LogP contribution in [-0.2, 0) is 12.7 Å². The monoisotopic (exact) mass is 364 g/mol. The number of halogens is 3. The maximum absolute atomic E-state index is 12.8. The molecule has 0 aliphatic heterocycles. The Hall–Kier alpha value is -2.64. The largest absolute Gasteiger partial charge is 0.416 e. The minimum atomic E-state index is -4.37. The summed E-state index contributed by atoms with van der Waals surface area (Å²) in [7, 11) is 0. The molecule has 8 heteroatoms. The van der Waals surface area contributed by atoms with Crippen LogP contribution >= 0.6 is 0 Å². The van der Waals surface area contributed by atoms with Gasteiger partial charge < -0.3 is 4.98 Å². The number of aryl methyl sites for hydroxylation is 2. The quantitative estimate of drug-likeness (QED) is 0.761. The van der Waals surface area contributed by atoms with Crippen molar-refractivity contribution in [2.24, 2.45) is 0 Å². The molecule has 2 aromatic heterocycles. The molecule has 138 valence electrons. The van der Waals surface area contributed by atoms with Crippen molar-refractivity contribution >= 4 is 11.0 Å². The Morgan fingerprint density at radius 1 is 1.23 bits per heavy atom. The number of aromatic nitrogens is 4. The van der Waals surface area contributed by atoms with Gasteiger partial charge in [0.15, 0.2) is 5.52 Å². The van der Waals surface area contributed by atoms with Crippen molar-refractivity contribution in [2.75, 3.05) is 0 Å². The molecule has 3 rings (SSSR count). The molecule has 0 radical (unpaired) electrons. The summed E-state index contributed by atoms with van der Waals surface area (Å²) in [5, 5.41) is 4.54. The van der Waals surface area contributed by atoms with Gasteiger partial charge in [-0.25, -0.2) is 4.98 Å². The molecule has 1 aromatic carbocycles. The first-order valence-electron chi connectivity index (χ1n) is 8.36. The van der Waals surface area contributed by atoms with E-state index in [0.29, 0.717) is 34.7 Å². The maximum atomic E-state index is 12.8. The normalized spacial score (nSPS) is 13.3. The summed E-state index contributed by atoms with van der Waals surface area (Å²) in [6.45, 7) is 6.07. The number of aromatic amines is 1. The standard InChI is InChI=1S/C18H19F3N4O/c1-4-9-25-16-15(22-11(3)23-17(16)26)14(24-25)10(2)12-5-7-13(8-6-12)18(19,20)21/h5-8,10H,4,9H2,1-3H3,(H,22,23,26)/t10-/m0/s1. The fraction of sp³-hybridized carbons (Fsp3) is 0.389. The Kier molecular flexibility index (Phi) is 4.60. The first kappa shape index (κ1) is 18.2. The number of benzene rings is 1. The van der Waals surface area contributed by atoms with E-state index in [9.17, 15) is 18.0 Å². The van der Waals surface area contributed by atoms with Crippen molar-refractivity contribution in [1.29, 1.82) is 0 Å². The van der Waals surface area contributed by atoms with Crippen molar-refractivity contribution in [3.05, 3.63) is 57.3 Å². The molecule has 3 aromatic rings. The van der Waals surface area contributed by atoms with Gasteiger partial charge in [0.05, 0.1) is 11.3 Å². The van der Waals surface area contributed by atoms with Gasteiger partial charge in [0.1, 0.15) is 11.3 Å². The molecule has 0 amide bonds.